The zero-order valence-electron chi connectivity index (χ0n) is 2.83. The topological polar surface area (TPSA) is 65.8 Å². The largest absolute Gasteiger partial charge is 0.288 e. The third kappa shape index (κ3) is 3.41. The van der Waals surface area contributed by atoms with Crippen LogP contribution < -0.4 is 0 Å². The second kappa shape index (κ2) is 2.64. The molecule has 32 valence electrons. The van der Waals surface area contributed by atoms with Crippen molar-refractivity contribution in [2.24, 2.45) is 5.11 Å². The molecule has 0 bridgehead atoms. The SMILES string of the molecule is [N-]=[N+]=NC(=O)P. The van der Waals surface area contributed by atoms with Gasteiger partial charge in [-0.1, -0.05) is 9.24 Å². The van der Waals surface area contributed by atoms with Gasteiger partial charge in [0.2, 0.25) is 5.65 Å². The molecule has 0 aromatic heterocycles. The first-order valence-corrected chi connectivity index (χ1v) is 1.69. The molecule has 1 amide bonds. The molecular weight excluding hydrogens is 101 g/mol. The van der Waals surface area contributed by atoms with Gasteiger partial charge < -0.3 is 0 Å². The lowest BCUT2D eigenvalue weighted by Crippen LogP contribution is -1.60. The molecule has 5 heteroatoms. The van der Waals surface area contributed by atoms with Crippen molar-refractivity contribution in [1.29, 1.82) is 0 Å². The third-order valence-electron chi connectivity index (χ3n) is 0.143. The molecule has 0 rings (SSSR count). The zero-order chi connectivity index (χ0) is 4.99. The van der Waals surface area contributed by atoms with E-state index < -0.39 is 5.65 Å². The molecule has 1 unspecified atom stereocenters. The highest BCUT2D eigenvalue weighted by atomic mass is 31.0. The molecule has 0 spiro atoms. The van der Waals surface area contributed by atoms with Crippen molar-refractivity contribution in [3.05, 3.63) is 10.4 Å². The van der Waals surface area contributed by atoms with E-state index in [0.717, 1.165) is 0 Å². The van der Waals surface area contributed by atoms with Gasteiger partial charge in [-0.2, -0.15) is 0 Å². The first-order valence-electron chi connectivity index (χ1n) is 1.12. The van der Waals surface area contributed by atoms with E-state index in [1.807, 2.05) is 0 Å². The lowest BCUT2D eigenvalue weighted by atomic mass is 11.4. The van der Waals surface area contributed by atoms with Crippen LogP contribution in [0, 0.1) is 0 Å². The molecule has 0 saturated carbocycles. The average molecular weight is 103 g/mol. The minimum absolute atomic E-state index is 0.586. The molecule has 0 aromatic carbocycles. The van der Waals surface area contributed by atoms with Crippen LogP contribution in [-0.2, 0) is 0 Å². The van der Waals surface area contributed by atoms with Crippen LogP contribution >= 0.6 is 9.24 Å². The maximum Gasteiger partial charge on any atom is 0.234 e. The number of hydrogen-bond donors (Lipinski definition) is 0. The van der Waals surface area contributed by atoms with Crippen LogP contribution in [0.15, 0.2) is 5.11 Å². The van der Waals surface area contributed by atoms with E-state index in [2.05, 4.69) is 10.0 Å². The standard InChI is InChI=1S/CH2N3OP/c2-4-3-1(5)6/h6H2. The van der Waals surface area contributed by atoms with Crippen LogP contribution in [0.5, 0.6) is 0 Å². The summed E-state index contributed by atoms with van der Waals surface area (Å²) in [5.74, 6) is 0. The molecule has 0 aliphatic rings. The van der Waals surface area contributed by atoms with E-state index >= 15 is 0 Å². The first kappa shape index (κ1) is 5.41. The van der Waals surface area contributed by atoms with Crippen LogP contribution in [0.3, 0.4) is 0 Å². The smallest absolute Gasteiger partial charge is 0.234 e. The number of carbonyl (C=O) groups is 1. The minimum Gasteiger partial charge on any atom is -0.288 e. The Hall–Kier alpha value is -0.590. The highest BCUT2D eigenvalue weighted by molar-refractivity contribution is 7.39. The van der Waals surface area contributed by atoms with Crippen molar-refractivity contribution < 1.29 is 4.79 Å². The molecule has 0 N–H and O–H groups in total. The van der Waals surface area contributed by atoms with Crippen molar-refractivity contribution in [2.75, 3.05) is 0 Å². The van der Waals surface area contributed by atoms with Crippen molar-refractivity contribution in [3.63, 3.8) is 0 Å². The summed E-state index contributed by atoms with van der Waals surface area (Å²) in [6.07, 6.45) is 0. The van der Waals surface area contributed by atoms with Crippen LogP contribution in [0.25, 0.3) is 10.4 Å². The first-order chi connectivity index (χ1) is 2.77. The summed E-state index contributed by atoms with van der Waals surface area (Å²) in [4.78, 5) is 11.8. The summed E-state index contributed by atoms with van der Waals surface area (Å²) < 4.78 is 0. The highest BCUT2D eigenvalue weighted by Gasteiger charge is 1.74. The molecule has 0 fully saturated rings. The van der Waals surface area contributed by atoms with E-state index in [1.165, 1.54) is 0 Å². The van der Waals surface area contributed by atoms with Gasteiger partial charge in [-0.25, -0.2) is 0 Å². The second-order valence-corrected chi connectivity index (χ2v) is 1.02. The van der Waals surface area contributed by atoms with E-state index in [9.17, 15) is 4.79 Å². The summed E-state index contributed by atoms with van der Waals surface area (Å²) in [5.41, 5.74) is 6.88. The second-order valence-electron chi connectivity index (χ2n) is 0.528. The van der Waals surface area contributed by atoms with Crippen LogP contribution in [0.2, 0.25) is 0 Å². The van der Waals surface area contributed by atoms with Crippen molar-refractivity contribution in [1.82, 2.24) is 0 Å². The van der Waals surface area contributed by atoms with Crippen LogP contribution in [0.1, 0.15) is 0 Å². The number of nitrogens with zero attached hydrogens (tertiary/aromatic N) is 3. The highest BCUT2D eigenvalue weighted by Crippen LogP contribution is 1.87. The number of hydrogen-bond acceptors (Lipinski definition) is 1. The fourth-order valence-electron chi connectivity index (χ4n) is 0.0441. The molecule has 4 nitrogen and oxygen atoms in total. The zero-order valence-corrected chi connectivity index (χ0v) is 3.98. The quantitative estimate of drug-likeness (QED) is 0.197. The fraction of sp³-hybridized carbons (Fsp3) is 0. The molecular formula is CH2N3OP. The molecule has 0 saturated heterocycles. The molecule has 1 atom stereocenters. The van der Waals surface area contributed by atoms with Gasteiger partial charge >= 0.3 is 0 Å². The molecule has 0 aromatic rings. The lowest BCUT2D eigenvalue weighted by Gasteiger charge is -1.61. The van der Waals surface area contributed by atoms with E-state index in [4.69, 9.17) is 5.53 Å². The Bertz CT molecular complexity index is 103. The summed E-state index contributed by atoms with van der Waals surface area (Å²) in [5, 5.41) is 2.63. The van der Waals surface area contributed by atoms with Crippen molar-refractivity contribution >= 4 is 14.9 Å². The Morgan fingerprint density at radius 1 is 2.00 bits per heavy atom. The Morgan fingerprint density at radius 3 is 2.50 bits per heavy atom. The van der Waals surface area contributed by atoms with Gasteiger partial charge in [-0.05, 0) is 10.6 Å². The normalized spacial score (nSPS) is 6.17. The predicted octanol–water partition coefficient (Wildman–Crippen LogP) is 1.29. The maximum absolute atomic E-state index is 9.59. The minimum atomic E-state index is -0.586. The molecule has 0 aliphatic carbocycles. The van der Waals surface area contributed by atoms with Gasteiger partial charge in [0.15, 0.2) is 0 Å². The van der Waals surface area contributed by atoms with Crippen molar-refractivity contribution in [2.45, 2.75) is 0 Å². The lowest BCUT2D eigenvalue weighted by molar-refractivity contribution is 0.267. The van der Waals surface area contributed by atoms with Gasteiger partial charge in [0.05, 0.1) is 0 Å². The number of azide groups is 1. The van der Waals surface area contributed by atoms with Gasteiger partial charge in [-0.3, -0.25) is 4.79 Å². The summed E-state index contributed by atoms with van der Waals surface area (Å²) >= 11 is 0. The van der Waals surface area contributed by atoms with Crippen LogP contribution in [-0.4, -0.2) is 5.65 Å². The Balaban J connectivity index is 3.60. The summed E-state index contributed by atoms with van der Waals surface area (Å²) in [7, 11) is 1.72. The molecule has 0 heterocycles. The molecule has 0 aliphatic heterocycles. The van der Waals surface area contributed by atoms with Gasteiger partial charge in [0.25, 0.3) is 0 Å². The van der Waals surface area contributed by atoms with Gasteiger partial charge in [0, 0.05) is 4.91 Å². The van der Waals surface area contributed by atoms with E-state index in [1.54, 1.807) is 9.24 Å². The van der Waals surface area contributed by atoms with Crippen molar-refractivity contribution in [3.8, 4) is 0 Å². The average Bonchev–Trinajstić information content (AvgIpc) is 1.35. The van der Waals surface area contributed by atoms with E-state index in [0.29, 0.717) is 0 Å². The summed E-state index contributed by atoms with van der Waals surface area (Å²) in [6, 6.07) is 0. The van der Waals surface area contributed by atoms with E-state index in [-0.39, 0.29) is 0 Å². The third-order valence-corrected chi connectivity index (χ3v) is 0.259. The van der Waals surface area contributed by atoms with Gasteiger partial charge in [-0.15, -0.1) is 0 Å². The maximum atomic E-state index is 9.59. The molecule has 6 heavy (non-hydrogen) atoms. The van der Waals surface area contributed by atoms with Crippen LogP contribution in [0.4, 0.5) is 4.79 Å². The Kier molecular flexibility index (Phi) is 2.38. The number of amides is 1. The van der Waals surface area contributed by atoms with Gasteiger partial charge in [0.1, 0.15) is 0 Å². The Labute approximate surface area is 36.4 Å². The fourth-order valence-corrected chi connectivity index (χ4v) is 0.0957. The predicted molar refractivity (Wildman–Crippen MR) is 24.3 cm³/mol. The number of rotatable bonds is 0. The monoisotopic (exact) mass is 103 g/mol. The molecule has 0 radical (unpaired) electrons. The number of carbonyl (C=O) groups excluding carboxylic acids is 1. The Morgan fingerprint density at radius 2 is 2.50 bits per heavy atom. The summed E-state index contributed by atoms with van der Waals surface area (Å²) in [6.45, 7) is 0.